The second kappa shape index (κ2) is 8.90. The van der Waals surface area contributed by atoms with Gasteiger partial charge >= 0.3 is 0 Å². The Morgan fingerprint density at radius 2 is 1.86 bits per heavy atom. The van der Waals surface area contributed by atoms with Crippen LogP contribution in [-0.2, 0) is 11.2 Å². The molecule has 0 amide bonds. The van der Waals surface area contributed by atoms with E-state index in [1.165, 1.54) is 5.56 Å². The van der Waals surface area contributed by atoms with Crippen LogP contribution in [0.4, 0.5) is 0 Å². The molecule has 0 saturated carbocycles. The Hall–Kier alpha value is -1.26. The molecule has 1 heterocycles. The van der Waals surface area contributed by atoms with Gasteiger partial charge in [-0.05, 0) is 57.0 Å². The zero-order valence-electron chi connectivity index (χ0n) is 13.3. The number of morpholine rings is 1. The standard InChI is InChI=1S/C17H27NO3/c1-3-20-16-7-8-17(21-4-2)15(14-16)6-5-9-18-10-12-19-13-11-18/h7-8,14H,3-6,9-13H2,1-2H3. The van der Waals surface area contributed by atoms with Crippen LogP contribution < -0.4 is 9.47 Å². The highest BCUT2D eigenvalue weighted by molar-refractivity contribution is 5.40. The lowest BCUT2D eigenvalue weighted by Crippen LogP contribution is -2.36. The molecule has 1 fully saturated rings. The summed E-state index contributed by atoms with van der Waals surface area (Å²) in [7, 11) is 0. The zero-order chi connectivity index (χ0) is 14.9. The fourth-order valence-electron chi connectivity index (χ4n) is 2.62. The van der Waals surface area contributed by atoms with E-state index in [2.05, 4.69) is 11.0 Å². The van der Waals surface area contributed by atoms with E-state index in [-0.39, 0.29) is 0 Å². The third-order valence-electron chi connectivity index (χ3n) is 3.67. The number of nitrogens with zero attached hydrogens (tertiary/aromatic N) is 1. The number of hydrogen-bond donors (Lipinski definition) is 0. The molecule has 118 valence electrons. The van der Waals surface area contributed by atoms with Crippen molar-refractivity contribution in [3.63, 3.8) is 0 Å². The summed E-state index contributed by atoms with van der Waals surface area (Å²) in [6.45, 7) is 10.4. The highest BCUT2D eigenvalue weighted by Gasteiger charge is 2.11. The van der Waals surface area contributed by atoms with E-state index in [4.69, 9.17) is 14.2 Å². The molecule has 0 bridgehead atoms. The van der Waals surface area contributed by atoms with E-state index in [9.17, 15) is 0 Å². The summed E-state index contributed by atoms with van der Waals surface area (Å²) < 4.78 is 16.7. The van der Waals surface area contributed by atoms with Crippen molar-refractivity contribution in [2.75, 3.05) is 46.1 Å². The molecule has 1 aromatic rings. The number of benzene rings is 1. The zero-order valence-corrected chi connectivity index (χ0v) is 13.3. The third kappa shape index (κ3) is 5.21. The molecule has 1 aromatic carbocycles. The van der Waals surface area contributed by atoms with Gasteiger partial charge in [0.05, 0.1) is 26.4 Å². The summed E-state index contributed by atoms with van der Waals surface area (Å²) in [5.41, 5.74) is 1.25. The molecule has 0 aliphatic carbocycles. The predicted molar refractivity (Wildman–Crippen MR) is 84.4 cm³/mol. The van der Waals surface area contributed by atoms with Crippen molar-refractivity contribution in [1.29, 1.82) is 0 Å². The van der Waals surface area contributed by atoms with Crippen LogP contribution in [0, 0.1) is 0 Å². The summed E-state index contributed by atoms with van der Waals surface area (Å²) >= 11 is 0. The van der Waals surface area contributed by atoms with Gasteiger partial charge in [-0.1, -0.05) is 0 Å². The van der Waals surface area contributed by atoms with Gasteiger partial charge in [0.15, 0.2) is 0 Å². The Labute approximate surface area is 128 Å². The molecule has 21 heavy (non-hydrogen) atoms. The number of ether oxygens (including phenoxy) is 3. The molecule has 0 atom stereocenters. The van der Waals surface area contributed by atoms with Crippen LogP contribution >= 0.6 is 0 Å². The first kappa shape index (κ1) is 16.1. The van der Waals surface area contributed by atoms with E-state index in [0.29, 0.717) is 13.2 Å². The third-order valence-corrected chi connectivity index (χ3v) is 3.67. The molecule has 4 heteroatoms. The fraction of sp³-hybridized carbons (Fsp3) is 0.647. The maximum atomic E-state index is 5.72. The van der Waals surface area contributed by atoms with Crippen molar-refractivity contribution in [3.8, 4) is 11.5 Å². The maximum absolute atomic E-state index is 5.72. The van der Waals surface area contributed by atoms with Gasteiger partial charge in [0, 0.05) is 13.1 Å². The first-order chi connectivity index (χ1) is 10.3. The van der Waals surface area contributed by atoms with Gasteiger partial charge in [-0.15, -0.1) is 0 Å². The summed E-state index contributed by atoms with van der Waals surface area (Å²) in [5, 5.41) is 0. The molecule has 1 aliphatic rings. The topological polar surface area (TPSA) is 30.9 Å². The minimum Gasteiger partial charge on any atom is -0.494 e. The molecule has 0 unspecified atom stereocenters. The van der Waals surface area contributed by atoms with Crippen molar-refractivity contribution >= 4 is 0 Å². The lowest BCUT2D eigenvalue weighted by molar-refractivity contribution is 0.0374. The Morgan fingerprint density at radius 1 is 1.10 bits per heavy atom. The summed E-state index contributed by atoms with van der Waals surface area (Å²) in [5.74, 6) is 1.92. The molecule has 0 aromatic heterocycles. The van der Waals surface area contributed by atoms with Crippen LogP contribution in [-0.4, -0.2) is 51.0 Å². The van der Waals surface area contributed by atoms with Gasteiger partial charge in [0.25, 0.3) is 0 Å². The Balaban J connectivity index is 1.90. The van der Waals surface area contributed by atoms with Crippen molar-refractivity contribution in [2.45, 2.75) is 26.7 Å². The Morgan fingerprint density at radius 3 is 2.57 bits per heavy atom. The van der Waals surface area contributed by atoms with Crippen LogP contribution in [0.25, 0.3) is 0 Å². The molecule has 1 saturated heterocycles. The van der Waals surface area contributed by atoms with Crippen LogP contribution in [0.5, 0.6) is 11.5 Å². The molecule has 0 N–H and O–H groups in total. The first-order valence-corrected chi connectivity index (χ1v) is 8.02. The average molecular weight is 293 g/mol. The first-order valence-electron chi connectivity index (χ1n) is 8.02. The van der Waals surface area contributed by atoms with Gasteiger partial charge in [-0.2, -0.15) is 0 Å². The van der Waals surface area contributed by atoms with Crippen molar-refractivity contribution in [1.82, 2.24) is 4.90 Å². The minimum absolute atomic E-state index is 0.696. The van der Waals surface area contributed by atoms with E-state index < -0.39 is 0 Å². The van der Waals surface area contributed by atoms with Gasteiger partial charge in [-0.25, -0.2) is 0 Å². The Kier molecular flexibility index (Phi) is 6.83. The van der Waals surface area contributed by atoms with Crippen LogP contribution in [0.2, 0.25) is 0 Å². The van der Waals surface area contributed by atoms with E-state index in [1.54, 1.807) is 0 Å². The van der Waals surface area contributed by atoms with Gasteiger partial charge < -0.3 is 14.2 Å². The van der Waals surface area contributed by atoms with E-state index >= 15 is 0 Å². The second-order valence-electron chi connectivity index (χ2n) is 5.19. The highest BCUT2D eigenvalue weighted by atomic mass is 16.5. The van der Waals surface area contributed by atoms with Crippen LogP contribution in [0.3, 0.4) is 0 Å². The molecular formula is C17H27NO3. The maximum Gasteiger partial charge on any atom is 0.122 e. The fourth-order valence-corrected chi connectivity index (χ4v) is 2.62. The van der Waals surface area contributed by atoms with Gasteiger partial charge in [0.2, 0.25) is 0 Å². The largest absolute Gasteiger partial charge is 0.494 e. The smallest absolute Gasteiger partial charge is 0.122 e. The molecule has 0 radical (unpaired) electrons. The normalized spacial score (nSPS) is 15.9. The minimum atomic E-state index is 0.696. The SMILES string of the molecule is CCOc1ccc(OCC)c(CCCN2CCOCC2)c1. The highest BCUT2D eigenvalue weighted by Crippen LogP contribution is 2.25. The molecule has 4 nitrogen and oxygen atoms in total. The van der Waals surface area contributed by atoms with E-state index in [1.807, 2.05) is 26.0 Å². The monoisotopic (exact) mass is 293 g/mol. The van der Waals surface area contributed by atoms with Crippen LogP contribution in [0.1, 0.15) is 25.8 Å². The number of rotatable bonds is 8. The van der Waals surface area contributed by atoms with Crippen LogP contribution in [0.15, 0.2) is 18.2 Å². The van der Waals surface area contributed by atoms with Crippen molar-refractivity contribution in [2.24, 2.45) is 0 Å². The molecular weight excluding hydrogens is 266 g/mol. The predicted octanol–water partition coefficient (Wildman–Crippen LogP) is 2.75. The van der Waals surface area contributed by atoms with Crippen molar-refractivity contribution in [3.05, 3.63) is 23.8 Å². The van der Waals surface area contributed by atoms with Gasteiger partial charge in [0.1, 0.15) is 11.5 Å². The lowest BCUT2D eigenvalue weighted by Gasteiger charge is -2.26. The molecule has 1 aliphatic heterocycles. The van der Waals surface area contributed by atoms with E-state index in [0.717, 1.165) is 57.2 Å². The number of aryl methyl sites for hydroxylation is 1. The molecule has 0 spiro atoms. The average Bonchev–Trinajstić information content (AvgIpc) is 2.51. The summed E-state index contributed by atoms with van der Waals surface area (Å²) in [6, 6.07) is 6.13. The van der Waals surface area contributed by atoms with Gasteiger partial charge in [-0.3, -0.25) is 4.90 Å². The lowest BCUT2D eigenvalue weighted by atomic mass is 10.1. The number of hydrogen-bond acceptors (Lipinski definition) is 4. The summed E-state index contributed by atoms with van der Waals surface area (Å²) in [4.78, 5) is 2.47. The molecule has 2 rings (SSSR count). The quantitative estimate of drug-likeness (QED) is 0.737. The Bertz CT molecular complexity index is 416. The second-order valence-corrected chi connectivity index (χ2v) is 5.19. The van der Waals surface area contributed by atoms with Crippen molar-refractivity contribution < 1.29 is 14.2 Å². The summed E-state index contributed by atoms with van der Waals surface area (Å²) in [6.07, 6.45) is 2.16.